The first-order valence-corrected chi connectivity index (χ1v) is 5.79. The van der Waals surface area contributed by atoms with E-state index >= 15 is 0 Å². The second-order valence-corrected chi connectivity index (χ2v) is 4.45. The van der Waals surface area contributed by atoms with E-state index in [1.807, 2.05) is 11.8 Å². The molecule has 1 aliphatic heterocycles. The standard InChI is InChI=1S/C11H21N3O2/c1-8(13-2)11(16)14-5-3-9(4-6-14)7-10(12)15/h8-9,13H,3-7H2,1-2H3,(H2,12,15). The molecule has 3 N–H and O–H groups in total. The molecule has 1 unspecified atom stereocenters. The number of piperidine rings is 1. The number of hydrogen-bond donors (Lipinski definition) is 2. The Morgan fingerprint density at radius 1 is 1.44 bits per heavy atom. The smallest absolute Gasteiger partial charge is 0.239 e. The summed E-state index contributed by atoms with van der Waals surface area (Å²) in [5.41, 5.74) is 5.16. The van der Waals surface area contributed by atoms with Crippen LogP contribution >= 0.6 is 0 Å². The van der Waals surface area contributed by atoms with Gasteiger partial charge in [-0.25, -0.2) is 0 Å². The molecule has 0 saturated carbocycles. The summed E-state index contributed by atoms with van der Waals surface area (Å²) in [7, 11) is 1.78. The van der Waals surface area contributed by atoms with Gasteiger partial charge < -0.3 is 16.0 Å². The highest BCUT2D eigenvalue weighted by molar-refractivity contribution is 5.81. The molecule has 2 amide bonds. The van der Waals surface area contributed by atoms with Gasteiger partial charge in [-0.15, -0.1) is 0 Å². The Labute approximate surface area is 96.4 Å². The topological polar surface area (TPSA) is 75.4 Å². The predicted molar refractivity (Wildman–Crippen MR) is 61.6 cm³/mol. The molecule has 5 nitrogen and oxygen atoms in total. The zero-order valence-corrected chi connectivity index (χ0v) is 10.0. The highest BCUT2D eigenvalue weighted by Gasteiger charge is 2.25. The molecule has 0 aromatic rings. The zero-order chi connectivity index (χ0) is 12.1. The van der Waals surface area contributed by atoms with E-state index in [4.69, 9.17) is 5.73 Å². The van der Waals surface area contributed by atoms with Crippen LogP contribution in [-0.4, -0.2) is 42.9 Å². The Hall–Kier alpha value is -1.10. The summed E-state index contributed by atoms with van der Waals surface area (Å²) in [6.45, 7) is 3.34. The van der Waals surface area contributed by atoms with Crippen LogP contribution in [0.5, 0.6) is 0 Å². The maximum atomic E-state index is 11.8. The maximum Gasteiger partial charge on any atom is 0.239 e. The summed E-state index contributed by atoms with van der Waals surface area (Å²) in [6.07, 6.45) is 2.21. The van der Waals surface area contributed by atoms with Crippen molar-refractivity contribution in [2.45, 2.75) is 32.2 Å². The molecule has 0 spiro atoms. The molecule has 1 saturated heterocycles. The van der Waals surface area contributed by atoms with Gasteiger partial charge in [0.15, 0.2) is 0 Å². The van der Waals surface area contributed by atoms with Gasteiger partial charge in [-0.2, -0.15) is 0 Å². The number of likely N-dealkylation sites (N-methyl/N-ethyl adjacent to an activating group) is 1. The number of hydrogen-bond acceptors (Lipinski definition) is 3. The molecule has 1 fully saturated rings. The Morgan fingerprint density at radius 3 is 2.44 bits per heavy atom. The van der Waals surface area contributed by atoms with E-state index in [1.54, 1.807) is 7.05 Å². The molecule has 1 aliphatic rings. The average Bonchev–Trinajstić information content (AvgIpc) is 2.27. The van der Waals surface area contributed by atoms with Crippen LogP contribution in [0.25, 0.3) is 0 Å². The number of nitrogens with zero attached hydrogens (tertiary/aromatic N) is 1. The van der Waals surface area contributed by atoms with E-state index in [9.17, 15) is 9.59 Å². The predicted octanol–water partition coefficient (Wildman–Crippen LogP) is -0.292. The Balaban J connectivity index is 2.37. The zero-order valence-electron chi connectivity index (χ0n) is 10.0. The molecule has 92 valence electrons. The Kier molecular flexibility index (Phi) is 4.73. The van der Waals surface area contributed by atoms with Crippen molar-refractivity contribution in [1.82, 2.24) is 10.2 Å². The van der Waals surface area contributed by atoms with E-state index in [2.05, 4.69) is 5.32 Å². The molecule has 0 bridgehead atoms. The van der Waals surface area contributed by atoms with Crippen molar-refractivity contribution < 1.29 is 9.59 Å². The fourth-order valence-corrected chi connectivity index (χ4v) is 2.04. The summed E-state index contributed by atoms with van der Waals surface area (Å²) in [4.78, 5) is 24.5. The molecule has 1 rings (SSSR count). The lowest BCUT2D eigenvalue weighted by Crippen LogP contribution is -2.47. The molecule has 0 aromatic carbocycles. The van der Waals surface area contributed by atoms with Crippen molar-refractivity contribution in [3.63, 3.8) is 0 Å². The van der Waals surface area contributed by atoms with Gasteiger partial charge in [-0.3, -0.25) is 9.59 Å². The molecule has 5 heteroatoms. The van der Waals surface area contributed by atoms with Crippen LogP contribution in [0.2, 0.25) is 0 Å². The van der Waals surface area contributed by atoms with Crippen molar-refractivity contribution in [1.29, 1.82) is 0 Å². The van der Waals surface area contributed by atoms with Crippen molar-refractivity contribution in [3.8, 4) is 0 Å². The molecule has 0 radical (unpaired) electrons. The maximum absolute atomic E-state index is 11.8. The number of carbonyl (C=O) groups is 2. The van der Waals surface area contributed by atoms with Gasteiger partial charge in [-0.05, 0) is 32.7 Å². The van der Waals surface area contributed by atoms with Gasteiger partial charge in [0.05, 0.1) is 6.04 Å². The number of primary amides is 1. The molecular formula is C11H21N3O2. The summed E-state index contributed by atoms with van der Waals surface area (Å²) < 4.78 is 0. The third-order valence-corrected chi connectivity index (χ3v) is 3.22. The number of carbonyl (C=O) groups excluding carboxylic acids is 2. The second-order valence-electron chi connectivity index (χ2n) is 4.45. The summed E-state index contributed by atoms with van der Waals surface area (Å²) >= 11 is 0. The van der Waals surface area contributed by atoms with Crippen molar-refractivity contribution in [3.05, 3.63) is 0 Å². The molecule has 1 heterocycles. The molecule has 0 aromatic heterocycles. The molecule has 0 aliphatic carbocycles. The number of rotatable bonds is 4. The van der Waals surface area contributed by atoms with Crippen LogP contribution in [0.3, 0.4) is 0 Å². The lowest BCUT2D eigenvalue weighted by molar-refractivity contribution is -0.134. The van der Waals surface area contributed by atoms with E-state index in [0.717, 1.165) is 25.9 Å². The van der Waals surface area contributed by atoms with E-state index in [-0.39, 0.29) is 17.9 Å². The van der Waals surface area contributed by atoms with Crippen LogP contribution in [0.4, 0.5) is 0 Å². The number of amides is 2. The quantitative estimate of drug-likeness (QED) is 0.693. The molecule has 16 heavy (non-hydrogen) atoms. The van der Waals surface area contributed by atoms with Gasteiger partial charge in [0.25, 0.3) is 0 Å². The largest absolute Gasteiger partial charge is 0.370 e. The van der Waals surface area contributed by atoms with E-state index < -0.39 is 0 Å². The van der Waals surface area contributed by atoms with Gasteiger partial charge in [-0.1, -0.05) is 0 Å². The van der Waals surface area contributed by atoms with Gasteiger partial charge in [0, 0.05) is 19.5 Å². The monoisotopic (exact) mass is 227 g/mol. The van der Waals surface area contributed by atoms with Crippen molar-refractivity contribution in [2.75, 3.05) is 20.1 Å². The fourth-order valence-electron chi connectivity index (χ4n) is 2.04. The molecular weight excluding hydrogens is 206 g/mol. The molecule has 1 atom stereocenters. The number of nitrogens with one attached hydrogen (secondary N) is 1. The van der Waals surface area contributed by atoms with Crippen LogP contribution in [0.1, 0.15) is 26.2 Å². The first-order valence-electron chi connectivity index (χ1n) is 5.79. The summed E-state index contributed by atoms with van der Waals surface area (Å²) in [5, 5.41) is 2.94. The SMILES string of the molecule is CNC(C)C(=O)N1CCC(CC(N)=O)CC1. The highest BCUT2D eigenvalue weighted by Crippen LogP contribution is 2.20. The van der Waals surface area contributed by atoms with Crippen molar-refractivity contribution in [2.24, 2.45) is 11.7 Å². The summed E-state index contributed by atoms with van der Waals surface area (Å²) in [5.74, 6) is 0.250. The average molecular weight is 227 g/mol. The van der Waals surface area contributed by atoms with Gasteiger partial charge in [0.2, 0.25) is 11.8 Å². The van der Waals surface area contributed by atoms with Crippen LogP contribution in [-0.2, 0) is 9.59 Å². The minimum atomic E-state index is -0.242. The normalized spacial score (nSPS) is 19.5. The second kappa shape index (κ2) is 5.84. The summed E-state index contributed by atoms with van der Waals surface area (Å²) in [6, 6.07) is -0.132. The van der Waals surface area contributed by atoms with Crippen LogP contribution < -0.4 is 11.1 Å². The Bertz CT molecular complexity index is 260. The van der Waals surface area contributed by atoms with Crippen LogP contribution in [0.15, 0.2) is 0 Å². The van der Waals surface area contributed by atoms with Crippen molar-refractivity contribution >= 4 is 11.8 Å². The first kappa shape index (κ1) is 13.0. The number of nitrogens with two attached hydrogens (primary N) is 1. The lowest BCUT2D eigenvalue weighted by atomic mass is 9.93. The third-order valence-electron chi connectivity index (χ3n) is 3.22. The number of likely N-dealkylation sites (tertiary alicyclic amines) is 1. The van der Waals surface area contributed by atoms with Gasteiger partial charge >= 0.3 is 0 Å². The minimum Gasteiger partial charge on any atom is -0.370 e. The van der Waals surface area contributed by atoms with E-state index in [0.29, 0.717) is 12.3 Å². The fraction of sp³-hybridized carbons (Fsp3) is 0.818. The Morgan fingerprint density at radius 2 is 2.00 bits per heavy atom. The third kappa shape index (κ3) is 3.48. The van der Waals surface area contributed by atoms with Gasteiger partial charge in [0.1, 0.15) is 0 Å². The minimum absolute atomic E-state index is 0.132. The van der Waals surface area contributed by atoms with E-state index in [1.165, 1.54) is 0 Å². The lowest BCUT2D eigenvalue weighted by Gasteiger charge is -2.33. The highest BCUT2D eigenvalue weighted by atomic mass is 16.2. The first-order chi connectivity index (χ1) is 7.54. The van der Waals surface area contributed by atoms with Crippen LogP contribution in [0, 0.1) is 5.92 Å².